The molecule has 0 amide bonds. The molecule has 5 rings (SSSR count). The summed E-state index contributed by atoms with van der Waals surface area (Å²) >= 11 is 0. The Morgan fingerprint density at radius 3 is 2.65 bits per heavy atom. The van der Waals surface area contributed by atoms with Gasteiger partial charge in [-0.3, -0.25) is 0 Å². The van der Waals surface area contributed by atoms with Crippen LogP contribution in [0.5, 0.6) is 5.75 Å². The van der Waals surface area contributed by atoms with Gasteiger partial charge >= 0.3 is 0 Å². The van der Waals surface area contributed by atoms with E-state index in [4.69, 9.17) is 4.74 Å². The van der Waals surface area contributed by atoms with Crippen LogP contribution in [-0.2, 0) is 22.4 Å². The number of ether oxygens (including phenoxy) is 1. The number of fused-ring (bicyclic) bond motifs is 1. The van der Waals surface area contributed by atoms with E-state index in [9.17, 15) is 17.2 Å². The van der Waals surface area contributed by atoms with Gasteiger partial charge < -0.3 is 25.6 Å². The third-order valence-corrected chi connectivity index (χ3v) is 9.50. The minimum Gasteiger partial charge on any atom is -0.495 e. The number of rotatable bonds is 11. The Bertz CT molecular complexity index is 1570. The monoisotopic (exact) mass is 615 g/mol. The number of hydrogen-bond acceptors (Lipinski definition) is 9. The minimum absolute atomic E-state index is 0.0756. The summed E-state index contributed by atoms with van der Waals surface area (Å²) in [4.78, 5) is 11.0. The number of benzene rings is 2. The Hall–Kier alpha value is -3.55. The van der Waals surface area contributed by atoms with Gasteiger partial charge in [0.25, 0.3) is 5.92 Å². The van der Waals surface area contributed by atoms with Crippen LogP contribution in [0.3, 0.4) is 0 Å². The molecule has 1 saturated heterocycles. The van der Waals surface area contributed by atoms with Gasteiger partial charge in [-0.25, -0.2) is 22.2 Å². The average Bonchev–Trinajstić information content (AvgIpc) is 3.53. The maximum Gasteiger partial charge on any atom is 0.275 e. The van der Waals surface area contributed by atoms with Crippen molar-refractivity contribution in [1.82, 2.24) is 19.2 Å². The second kappa shape index (κ2) is 12.2. The molecule has 1 aliphatic heterocycles. The first-order chi connectivity index (χ1) is 20.3. The number of likely N-dealkylation sites (N-methyl/N-ethyl adjacent to an activating group) is 1. The zero-order valence-corrected chi connectivity index (χ0v) is 25.9. The Labute approximate surface area is 251 Å². The average molecular weight is 616 g/mol. The van der Waals surface area contributed by atoms with Crippen molar-refractivity contribution in [2.75, 3.05) is 63.0 Å². The minimum atomic E-state index is -3.59. The van der Waals surface area contributed by atoms with Gasteiger partial charge in [-0.05, 0) is 61.7 Å². The van der Waals surface area contributed by atoms with Gasteiger partial charge in [0.15, 0.2) is 0 Å². The molecule has 43 heavy (non-hydrogen) atoms. The number of aromatic nitrogens is 2. The van der Waals surface area contributed by atoms with Crippen LogP contribution < -0.4 is 20.7 Å². The molecule has 0 spiro atoms. The van der Waals surface area contributed by atoms with E-state index in [1.54, 1.807) is 7.11 Å². The molecule has 1 aliphatic carbocycles. The fourth-order valence-corrected chi connectivity index (χ4v) is 6.57. The van der Waals surface area contributed by atoms with Gasteiger partial charge in [0, 0.05) is 38.9 Å². The van der Waals surface area contributed by atoms with Gasteiger partial charge in [0.05, 0.1) is 36.7 Å². The van der Waals surface area contributed by atoms with Crippen molar-refractivity contribution in [3.63, 3.8) is 0 Å². The Morgan fingerprint density at radius 1 is 1.21 bits per heavy atom. The zero-order valence-electron chi connectivity index (χ0n) is 25.1. The predicted molar refractivity (Wildman–Crippen MR) is 165 cm³/mol. The van der Waals surface area contributed by atoms with Gasteiger partial charge in [0.2, 0.25) is 16.0 Å². The second-order valence-corrected chi connectivity index (χ2v) is 13.6. The van der Waals surface area contributed by atoms with Crippen LogP contribution in [0.2, 0.25) is 0 Å². The molecule has 1 fully saturated rings. The Morgan fingerprint density at radius 2 is 1.98 bits per heavy atom. The smallest absolute Gasteiger partial charge is 0.275 e. The zero-order chi connectivity index (χ0) is 30.9. The summed E-state index contributed by atoms with van der Waals surface area (Å²) in [5, 5.41) is 9.78. The number of nitrogens with zero attached hydrogens (tertiary/aromatic N) is 4. The van der Waals surface area contributed by atoms with Crippen molar-refractivity contribution in [1.29, 1.82) is 0 Å². The highest BCUT2D eigenvalue weighted by atomic mass is 32.2. The van der Waals surface area contributed by atoms with E-state index in [2.05, 4.69) is 37.9 Å². The van der Waals surface area contributed by atoms with E-state index in [-0.39, 0.29) is 11.8 Å². The number of halogens is 2. The highest BCUT2D eigenvalue weighted by Crippen LogP contribution is 2.40. The van der Waals surface area contributed by atoms with Crippen molar-refractivity contribution in [3.8, 4) is 5.75 Å². The van der Waals surface area contributed by atoms with Gasteiger partial charge in [-0.2, -0.15) is 9.29 Å². The first-order valence-corrected chi connectivity index (χ1v) is 16.1. The molecular weight excluding hydrogens is 576 g/mol. The maximum atomic E-state index is 14.8. The molecule has 1 aromatic heterocycles. The molecule has 0 radical (unpaired) electrons. The summed E-state index contributed by atoms with van der Waals surface area (Å²) in [7, 11) is 1.58. The van der Waals surface area contributed by atoms with E-state index in [0.29, 0.717) is 23.8 Å². The van der Waals surface area contributed by atoms with E-state index < -0.39 is 33.6 Å². The van der Waals surface area contributed by atoms with Crippen molar-refractivity contribution in [2.24, 2.45) is 5.92 Å². The predicted octanol–water partition coefficient (Wildman–Crippen LogP) is 4.67. The van der Waals surface area contributed by atoms with Crippen LogP contribution in [0.4, 0.5) is 31.9 Å². The molecular formula is C30H39F2N7O3S. The fourth-order valence-electron chi connectivity index (χ4n) is 5.90. The van der Waals surface area contributed by atoms with E-state index in [0.717, 1.165) is 62.2 Å². The van der Waals surface area contributed by atoms with Crippen LogP contribution >= 0.6 is 0 Å². The van der Waals surface area contributed by atoms with Crippen LogP contribution in [-0.4, -0.2) is 80.7 Å². The highest BCUT2D eigenvalue weighted by molar-refractivity contribution is 7.88. The van der Waals surface area contributed by atoms with Crippen LogP contribution in [0.1, 0.15) is 36.1 Å². The molecule has 2 aliphatic rings. The van der Waals surface area contributed by atoms with E-state index in [1.807, 2.05) is 42.5 Å². The molecule has 3 aromatic rings. The van der Waals surface area contributed by atoms with Gasteiger partial charge in [-0.15, -0.1) is 0 Å². The molecule has 0 bridgehead atoms. The first-order valence-electron chi connectivity index (χ1n) is 14.2. The van der Waals surface area contributed by atoms with Crippen LogP contribution in [0, 0.1) is 5.92 Å². The third kappa shape index (κ3) is 7.00. The number of hydrogen-bond donors (Lipinski definition) is 3. The molecule has 0 saturated carbocycles. The molecule has 2 heterocycles. The summed E-state index contributed by atoms with van der Waals surface area (Å²) in [6, 6.07) is 12.0. The lowest BCUT2D eigenvalue weighted by molar-refractivity contribution is 0.0175. The van der Waals surface area contributed by atoms with Gasteiger partial charge in [0.1, 0.15) is 11.6 Å². The van der Waals surface area contributed by atoms with Crippen molar-refractivity contribution < 1.29 is 21.9 Å². The second-order valence-electron chi connectivity index (χ2n) is 11.6. The van der Waals surface area contributed by atoms with Crippen LogP contribution in [0.15, 0.2) is 48.7 Å². The number of anilines is 4. The summed E-state index contributed by atoms with van der Waals surface area (Å²) in [5.41, 5.74) is 2.82. The lowest BCUT2D eigenvalue weighted by Crippen LogP contribution is -2.39. The fraction of sp³-hybridized carbons (Fsp3) is 0.467. The van der Waals surface area contributed by atoms with Crippen molar-refractivity contribution in [3.05, 3.63) is 65.4 Å². The molecule has 13 heteroatoms. The summed E-state index contributed by atoms with van der Waals surface area (Å²) in [6.45, 7) is 3.74. The summed E-state index contributed by atoms with van der Waals surface area (Å²) in [6.07, 6.45) is 3.79. The first kappa shape index (κ1) is 30.9. The maximum absolute atomic E-state index is 14.8. The molecule has 232 valence electrons. The standard InChI is InChI=1S/C30H39F2N7O3S/c1-30(31,32)23-17-34-29(36-24-15-21(10-11-26(24)42-4)33-16-19-12-13-38(2)18-19)37-28(23)35-25-14-20-8-6-7-9-22(20)27(25)39(3)43(5,40)41/h6-11,15,17,19,25,27,33H,12-14,16,18H2,1-5H3,(H2,34,35,36,37). The molecule has 3 unspecified atom stereocenters. The number of sulfonamides is 1. The molecule has 3 N–H and O–H groups in total. The molecule has 10 nitrogen and oxygen atoms in total. The lowest BCUT2D eigenvalue weighted by Gasteiger charge is -2.30. The number of methoxy groups -OCH3 is 1. The SMILES string of the molecule is COc1ccc(NCC2CCN(C)C2)cc1Nc1ncc(C(C)(F)F)c(NC2Cc3ccccc3C2N(C)S(C)(=O)=O)n1. The number of nitrogens with one attached hydrogen (secondary N) is 3. The Kier molecular flexibility index (Phi) is 8.77. The largest absolute Gasteiger partial charge is 0.495 e. The summed E-state index contributed by atoms with van der Waals surface area (Å²) in [5.74, 6) is -2.15. The van der Waals surface area contributed by atoms with Crippen molar-refractivity contribution >= 4 is 33.2 Å². The molecule has 3 atom stereocenters. The lowest BCUT2D eigenvalue weighted by atomic mass is 10.1. The highest BCUT2D eigenvalue weighted by Gasteiger charge is 2.40. The quantitative estimate of drug-likeness (QED) is 0.283. The Balaban J connectivity index is 1.43. The third-order valence-electron chi connectivity index (χ3n) is 8.22. The van der Waals surface area contributed by atoms with Crippen LogP contribution in [0.25, 0.3) is 0 Å². The molecule has 2 aromatic carbocycles. The topological polar surface area (TPSA) is 112 Å². The normalized spacial score (nSPS) is 20.7. The summed E-state index contributed by atoms with van der Waals surface area (Å²) < 4.78 is 61.5. The number of alkyl halides is 2. The van der Waals surface area contributed by atoms with E-state index >= 15 is 0 Å². The van der Waals surface area contributed by atoms with Gasteiger partial charge in [-0.1, -0.05) is 24.3 Å². The van der Waals surface area contributed by atoms with Crippen molar-refractivity contribution in [2.45, 2.75) is 37.8 Å². The number of likely N-dealkylation sites (tertiary alicyclic amines) is 1. The van der Waals surface area contributed by atoms with E-state index in [1.165, 1.54) is 11.4 Å².